The van der Waals surface area contributed by atoms with E-state index in [-0.39, 0.29) is 11.8 Å². The van der Waals surface area contributed by atoms with Gasteiger partial charge in [0.25, 0.3) is 5.91 Å². The fourth-order valence-corrected chi connectivity index (χ4v) is 3.94. The molecule has 1 saturated heterocycles. The average molecular weight is 367 g/mol. The molecule has 0 aliphatic carbocycles. The molecule has 1 aromatic heterocycles. The minimum atomic E-state index is 0.0112. The molecule has 5 heteroatoms. The predicted molar refractivity (Wildman–Crippen MR) is 107 cm³/mol. The summed E-state index contributed by atoms with van der Waals surface area (Å²) in [4.78, 5) is 26.1. The van der Waals surface area contributed by atoms with E-state index in [4.69, 9.17) is 0 Å². The van der Waals surface area contributed by atoms with Crippen molar-refractivity contribution in [2.45, 2.75) is 40.5 Å². The predicted octanol–water partition coefficient (Wildman–Crippen LogP) is 3.39. The first-order chi connectivity index (χ1) is 12.9. The standard InChI is InChI=1S/C22H29N3O2/c1-15-6-5-7-20(12-15)25-16(2)13-21(17(25)3)22(27)24-10-8-19(9-11-24)14-23-18(4)26/h5-7,12-13,19H,8-11,14H2,1-4H3,(H,23,26). The number of aryl methyl sites for hydroxylation is 2. The van der Waals surface area contributed by atoms with Crippen molar-refractivity contribution in [3.8, 4) is 5.69 Å². The van der Waals surface area contributed by atoms with Crippen LogP contribution in [0.2, 0.25) is 0 Å². The van der Waals surface area contributed by atoms with Gasteiger partial charge in [-0.3, -0.25) is 9.59 Å². The van der Waals surface area contributed by atoms with E-state index in [0.717, 1.165) is 48.6 Å². The third-order valence-corrected chi connectivity index (χ3v) is 5.46. The number of aromatic nitrogens is 1. The molecule has 5 nitrogen and oxygen atoms in total. The van der Waals surface area contributed by atoms with E-state index < -0.39 is 0 Å². The molecule has 0 unspecified atom stereocenters. The minimum absolute atomic E-state index is 0.0112. The van der Waals surface area contributed by atoms with Crippen LogP contribution >= 0.6 is 0 Å². The smallest absolute Gasteiger partial charge is 0.255 e. The third kappa shape index (κ3) is 4.24. The van der Waals surface area contributed by atoms with Gasteiger partial charge in [-0.25, -0.2) is 0 Å². The highest BCUT2D eigenvalue weighted by molar-refractivity contribution is 5.96. The van der Waals surface area contributed by atoms with Crippen molar-refractivity contribution < 1.29 is 9.59 Å². The maximum atomic E-state index is 13.1. The number of benzene rings is 1. The number of nitrogens with zero attached hydrogens (tertiary/aromatic N) is 2. The molecule has 0 saturated carbocycles. The number of likely N-dealkylation sites (tertiary alicyclic amines) is 1. The highest BCUT2D eigenvalue weighted by Gasteiger charge is 2.26. The molecule has 27 heavy (non-hydrogen) atoms. The van der Waals surface area contributed by atoms with E-state index in [9.17, 15) is 9.59 Å². The lowest BCUT2D eigenvalue weighted by atomic mass is 9.96. The number of nitrogens with one attached hydrogen (secondary N) is 1. The molecule has 1 aliphatic rings. The number of carbonyl (C=O) groups is 2. The topological polar surface area (TPSA) is 54.3 Å². The summed E-state index contributed by atoms with van der Waals surface area (Å²) in [7, 11) is 0. The Hall–Kier alpha value is -2.56. The Bertz CT molecular complexity index is 845. The van der Waals surface area contributed by atoms with Crippen LogP contribution < -0.4 is 5.32 Å². The van der Waals surface area contributed by atoms with Crippen LogP contribution in [0.4, 0.5) is 0 Å². The minimum Gasteiger partial charge on any atom is -0.356 e. The highest BCUT2D eigenvalue weighted by atomic mass is 16.2. The molecule has 0 spiro atoms. The summed E-state index contributed by atoms with van der Waals surface area (Å²) in [6.45, 7) is 9.89. The Morgan fingerprint density at radius 1 is 1.11 bits per heavy atom. The molecule has 2 aromatic rings. The van der Waals surface area contributed by atoms with Crippen molar-refractivity contribution in [2.75, 3.05) is 19.6 Å². The maximum Gasteiger partial charge on any atom is 0.255 e. The highest BCUT2D eigenvalue weighted by Crippen LogP contribution is 2.25. The van der Waals surface area contributed by atoms with Gasteiger partial charge in [0.2, 0.25) is 5.91 Å². The third-order valence-electron chi connectivity index (χ3n) is 5.46. The average Bonchev–Trinajstić information content (AvgIpc) is 2.94. The molecule has 144 valence electrons. The van der Waals surface area contributed by atoms with Crippen LogP contribution in [-0.2, 0) is 4.79 Å². The molecule has 1 N–H and O–H groups in total. The van der Waals surface area contributed by atoms with Gasteiger partial charge < -0.3 is 14.8 Å². The van der Waals surface area contributed by atoms with Gasteiger partial charge in [0.1, 0.15) is 0 Å². The number of hydrogen-bond donors (Lipinski definition) is 1. The lowest BCUT2D eigenvalue weighted by molar-refractivity contribution is -0.119. The first-order valence-electron chi connectivity index (χ1n) is 9.66. The molecule has 0 bridgehead atoms. The van der Waals surface area contributed by atoms with Crippen molar-refractivity contribution in [3.63, 3.8) is 0 Å². The molecule has 1 aromatic carbocycles. The van der Waals surface area contributed by atoms with Crippen molar-refractivity contribution in [1.82, 2.24) is 14.8 Å². The fourth-order valence-electron chi connectivity index (χ4n) is 3.94. The van der Waals surface area contributed by atoms with Crippen molar-refractivity contribution in [3.05, 3.63) is 52.8 Å². The number of amides is 2. The molecule has 2 heterocycles. The van der Waals surface area contributed by atoms with E-state index in [1.807, 2.05) is 30.9 Å². The molecular formula is C22H29N3O2. The zero-order valence-electron chi connectivity index (χ0n) is 16.7. The second kappa shape index (κ2) is 7.99. The Balaban J connectivity index is 1.73. The SMILES string of the molecule is CC(=O)NCC1CCN(C(=O)c2cc(C)n(-c3cccc(C)c3)c2C)CC1. The van der Waals surface area contributed by atoms with E-state index in [1.54, 1.807) is 6.92 Å². The summed E-state index contributed by atoms with van der Waals surface area (Å²) < 4.78 is 2.16. The lowest BCUT2D eigenvalue weighted by Gasteiger charge is -2.32. The molecule has 0 radical (unpaired) electrons. The zero-order chi connectivity index (χ0) is 19.6. The van der Waals surface area contributed by atoms with Gasteiger partial charge in [0.05, 0.1) is 5.56 Å². The molecule has 0 atom stereocenters. The monoisotopic (exact) mass is 367 g/mol. The van der Waals surface area contributed by atoms with Gasteiger partial charge in [0, 0.05) is 43.6 Å². The molecule has 3 rings (SSSR count). The summed E-state index contributed by atoms with van der Waals surface area (Å²) in [5, 5.41) is 2.89. The summed E-state index contributed by atoms with van der Waals surface area (Å²) in [5.74, 6) is 0.578. The van der Waals surface area contributed by atoms with Crippen LogP contribution in [0.5, 0.6) is 0 Å². The largest absolute Gasteiger partial charge is 0.356 e. The summed E-state index contributed by atoms with van der Waals surface area (Å²) in [6, 6.07) is 10.3. The van der Waals surface area contributed by atoms with Crippen molar-refractivity contribution in [2.24, 2.45) is 5.92 Å². The van der Waals surface area contributed by atoms with Gasteiger partial charge >= 0.3 is 0 Å². The molecule has 1 aliphatic heterocycles. The summed E-state index contributed by atoms with van der Waals surface area (Å²) in [6.07, 6.45) is 1.87. The first-order valence-corrected chi connectivity index (χ1v) is 9.66. The van der Waals surface area contributed by atoms with Crippen LogP contribution in [-0.4, -0.2) is 40.9 Å². The number of carbonyl (C=O) groups excluding carboxylic acids is 2. The normalized spacial score (nSPS) is 15.0. The van der Waals surface area contributed by atoms with Crippen LogP contribution in [0.15, 0.2) is 30.3 Å². The summed E-state index contributed by atoms with van der Waals surface area (Å²) in [5.41, 5.74) is 5.15. The lowest BCUT2D eigenvalue weighted by Crippen LogP contribution is -2.41. The number of piperidine rings is 1. The number of hydrogen-bond acceptors (Lipinski definition) is 2. The van der Waals surface area contributed by atoms with Crippen LogP contribution in [0.1, 0.15) is 47.1 Å². The van der Waals surface area contributed by atoms with Crippen LogP contribution in [0, 0.1) is 26.7 Å². The Morgan fingerprint density at radius 3 is 2.44 bits per heavy atom. The van der Waals surface area contributed by atoms with Crippen molar-refractivity contribution in [1.29, 1.82) is 0 Å². The van der Waals surface area contributed by atoms with Crippen LogP contribution in [0.3, 0.4) is 0 Å². The maximum absolute atomic E-state index is 13.1. The Kier molecular flexibility index (Phi) is 5.68. The van der Waals surface area contributed by atoms with E-state index in [0.29, 0.717) is 12.5 Å². The number of rotatable bonds is 4. The molecular weight excluding hydrogens is 338 g/mol. The van der Waals surface area contributed by atoms with E-state index >= 15 is 0 Å². The van der Waals surface area contributed by atoms with Gasteiger partial charge in [-0.15, -0.1) is 0 Å². The van der Waals surface area contributed by atoms with Gasteiger partial charge in [0.15, 0.2) is 0 Å². The van der Waals surface area contributed by atoms with Gasteiger partial charge in [-0.05, 0) is 63.3 Å². The zero-order valence-corrected chi connectivity index (χ0v) is 16.7. The van der Waals surface area contributed by atoms with Gasteiger partial charge in [-0.2, -0.15) is 0 Å². The summed E-state index contributed by atoms with van der Waals surface area (Å²) >= 11 is 0. The van der Waals surface area contributed by atoms with E-state index in [2.05, 4.69) is 35.0 Å². The molecule has 1 fully saturated rings. The Morgan fingerprint density at radius 2 is 1.81 bits per heavy atom. The quantitative estimate of drug-likeness (QED) is 0.901. The van der Waals surface area contributed by atoms with Gasteiger partial charge in [-0.1, -0.05) is 12.1 Å². The second-order valence-electron chi connectivity index (χ2n) is 7.63. The van der Waals surface area contributed by atoms with E-state index in [1.165, 1.54) is 5.56 Å². The second-order valence-corrected chi connectivity index (χ2v) is 7.63. The van der Waals surface area contributed by atoms with Crippen molar-refractivity contribution >= 4 is 11.8 Å². The Labute approximate surface area is 161 Å². The molecule has 2 amide bonds. The first kappa shape index (κ1) is 19.2. The van der Waals surface area contributed by atoms with Crippen LogP contribution in [0.25, 0.3) is 5.69 Å². The fraction of sp³-hybridized carbons (Fsp3) is 0.455.